The molecule has 0 atom stereocenters. The van der Waals surface area contributed by atoms with Gasteiger partial charge in [0.15, 0.2) is 0 Å². The molecule has 0 spiro atoms. The standard InChI is InChI=1S/C24H26ClN5O2/c1-4-23(31)30-9-7-16(8-10-30)28-21-12-18-20(13-22(21)32-3)26-14-27-24(18)29-17-6-5-15(2)19(25)11-17/h4-6,11-14,16,28H,1,7-10H2,2-3H3,(H,26,27,29). The van der Waals surface area contributed by atoms with Gasteiger partial charge in [-0.15, -0.1) is 0 Å². The Kier molecular flexibility index (Phi) is 6.46. The van der Waals surface area contributed by atoms with Gasteiger partial charge in [0.1, 0.15) is 17.9 Å². The zero-order chi connectivity index (χ0) is 22.7. The fourth-order valence-corrected chi connectivity index (χ4v) is 4.05. The molecule has 2 aromatic carbocycles. The number of hydrogen-bond acceptors (Lipinski definition) is 6. The van der Waals surface area contributed by atoms with E-state index in [0.29, 0.717) is 29.7 Å². The molecular formula is C24H26ClN5O2. The molecule has 0 radical (unpaired) electrons. The van der Waals surface area contributed by atoms with Crippen LogP contribution in [0.1, 0.15) is 18.4 Å². The largest absolute Gasteiger partial charge is 0.495 e. The van der Waals surface area contributed by atoms with E-state index in [4.69, 9.17) is 16.3 Å². The van der Waals surface area contributed by atoms with Gasteiger partial charge in [-0.1, -0.05) is 24.2 Å². The third-order valence-electron chi connectivity index (χ3n) is 5.73. The molecular weight excluding hydrogens is 426 g/mol. The van der Waals surface area contributed by atoms with E-state index in [1.165, 1.54) is 12.4 Å². The Labute approximate surface area is 192 Å². The fourth-order valence-electron chi connectivity index (χ4n) is 3.87. The normalized spacial score (nSPS) is 14.3. The van der Waals surface area contributed by atoms with Gasteiger partial charge >= 0.3 is 0 Å². The molecule has 1 aliphatic heterocycles. The number of halogens is 1. The van der Waals surface area contributed by atoms with Crippen LogP contribution in [0.25, 0.3) is 10.9 Å². The Hall–Kier alpha value is -3.32. The molecule has 1 saturated heterocycles. The second-order valence-electron chi connectivity index (χ2n) is 7.83. The van der Waals surface area contributed by atoms with Crippen LogP contribution in [0.5, 0.6) is 5.75 Å². The third-order valence-corrected chi connectivity index (χ3v) is 6.14. The van der Waals surface area contributed by atoms with Crippen molar-refractivity contribution in [1.82, 2.24) is 14.9 Å². The topological polar surface area (TPSA) is 79.4 Å². The molecule has 1 aliphatic rings. The maximum Gasteiger partial charge on any atom is 0.245 e. The van der Waals surface area contributed by atoms with E-state index in [-0.39, 0.29) is 11.9 Å². The molecule has 3 aromatic rings. The van der Waals surface area contributed by atoms with Crippen LogP contribution in [0.3, 0.4) is 0 Å². The molecule has 166 valence electrons. The van der Waals surface area contributed by atoms with Crippen molar-refractivity contribution in [1.29, 1.82) is 0 Å². The summed E-state index contributed by atoms with van der Waals surface area (Å²) in [4.78, 5) is 22.5. The summed E-state index contributed by atoms with van der Waals surface area (Å²) in [6.45, 7) is 6.93. The number of nitrogens with zero attached hydrogens (tertiary/aromatic N) is 3. The van der Waals surface area contributed by atoms with E-state index in [0.717, 1.165) is 40.7 Å². The van der Waals surface area contributed by atoms with Gasteiger partial charge in [-0.2, -0.15) is 0 Å². The number of amides is 1. The minimum absolute atomic E-state index is 0.0178. The van der Waals surface area contributed by atoms with E-state index in [1.54, 1.807) is 7.11 Å². The van der Waals surface area contributed by atoms with Crippen molar-refractivity contribution in [2.24, 2.45) is 0 Å². The van der Waals surface area contributed by atoms with Crippen LogP contribution in [0.2, 0.25) is 5.02 Å². The van der Waals surface area contributed by atoms with Gasteiger partial charge in [0.25, 0.3) is 0 Å². The lowest BCUT2D eigenvalue weighted by Crippen LogP contribution is -2.41. The zero-order valence-corrected chi connectivity index (χ0v) is 18.9. The summed E-state index contributed by atoms with van der Waals surface area (Å²) in [7, 11) is 1.65. The van der Waals surface area contributed by atoms with E-state index in [1.807, 2.05) is 42.2 Å². The number of methoxy groups -OCH3 is 1. The van der Waals surface area contributed by atoms with E-state index in [2.05, 4.69) is 27.2 Å². The summed E-state index contributed by atoms with van der Waals surface area (Å²) >= 11 is 6.28. The highest BCUT2D eigenvalue weighted by atomic mass is 35.5. The van der Waals surface area contributed by atoms with Gasteiger partial charge < -0.3 is 20.3 Å². The summed E-state index contributed by atoms with van der Waals surface area (Å²) in [6, 6.07) is 9.96. The van der Waals surface area contributed by atoms with Gasteiger partial charge in [-0.25, -0.2) is 9.97 Å². The monoisotopic (exact) mass is 451 g/mol. The Bertz CT molecular complexity index is 1160. The second-order valence-corrected chi connectivity index (χ2v) is 8.24. The number of carbonyl (C=O) groups excluding carboxylic acids is 1. The summed E-state index contributed by atoms with van der Waals surface area (Å²) in [5.74, 6) is 1.38. The quantitative estimate of drug-likeness (QED) is 0.517. The maximum absolute atomic E-state index is 11.8. The number of ether oxygens (including phenoxy) is 1. The molecule has 1 amide bonds. The molecule has 0 saturated carbocycles. The molecule has 2 N–H and O–H groups in total. The first kappa shape index (κ1) is 21.9. The maximum atomic E-state index is 11.8. The molecule has 0 bridgehead atoms. The summed E-state index contributed by atoms with van der Waals surface area (Å²) in [6.07, 6.45) is 4.59. The summed E-state index contributed by atoms with van der Waals surface area (Å²) in [5.41, 5.74) is 3.51. The molecule has 1 fully saturated rings. The van der Waals surface area contributed by atoms with E-state index in [9.17, 15) is 4.79 Å². The predicted molar refractivity (Wildman–Crippen MR) is 129 cm³/mol. The number of piperidine rings is 1. The number of nitrogens with one attached hydrogen (secondary N) is 2. The first-order chi connectivity index (χ1) is 15.5. The lowest BCUT2D eigenvalue weighted by atomic mass is 10.0. The SMILES string of the molecule is C=CC(=O)N1CCC(Nc2cc3c(Nc4ccc(C)c(Cl)c4)ncnc3cc2OC)CC1. The van der Waals surface area contributed by atoms with Crippen LogP contribution in [-0.2, 0) is 4.79 Å². The molecule has 2 heterocycles. The van der Waals surface area contributed by atoms with Gasteiger partial charge in [0, 0.05) is 41.3 Å². The smallest absolute Gasteiger partial charge is 0.245 e. The number of aryl methyl sites for hydroxylation is 1. The number of carbonyl (C=O) groups is 1. The fraction of sp³-hybridized carbons (Fsp3) is 0.292. The minimum Gasteiger partial charge on any atom is -0.495 e. The molecule has 1 aromatic heterocycles. The van der Waals surface area contributed by atoms with Crippen molar-refractivity contribution >= 4 is 45.6 Å². The lowest BCUT2D eigenvalue weighted by Gasteiger charge is -2.32. The van der Waals surface area contributed by atoms with Gasteiger partial charge in [-0.05, 0) is 49.6 Å². The molecule has 32 heavy (non-hydrogen) atoms. The van der Waals surface area contributed by atoms with Crippen molar-refractivity contribution in [3.63, 3.8) is 0 Å². The van der Waals surface area contributed by atoms with Gasteiger partial charge in [-0.3, -0.25) is 4.79 Å². The van der Waals surface area contributed by atoms with Gasteiger partial charge in [0.05, 0.1) is 18.3 Å². The van der Waals surface area contributed by atoms with Crippen LogP contribution in [-0.4, -0.2) is 47.0 Å². The second kappa shape index (κ2) is 9.44. The highest BCUT2D eigenvalue weighted by Crippen LogP contribution is 2.34. The Morgan fingerprint density at radius 3 is 2.72 bits per heavy atom. The Morgan fingerprint density at radius 1 is 1.25 bits per heavy atom. The molecule has 8 heteroatoms. The first-order valence-corrected chi connectivity index (χ1v) is 10.9. The average molecular weight is 452 g/mol. The first-order valence-electron chi connectivity index (χ1n) is 10.5. The van der Waals surface area contributed by atoms with Crippen LogP contribution < -0.4 is 15.4 Å². The number of rotatable bonds is 6. The summed E-state index contributed by atoms with van der Waals surface area (Å²) < 4.78 is 5.62. The summed E-state index contributed by atoms with van der Waals surface area (Å²) in [5, 5.41) is 8.50. The Morgan fingerprint density at radius 2 is 2.03 bits per heavy atom. The van der Waals surface area contributed by atoms with Crippen LogP contribution in [0, 0.1) is 6.92 Å². The third kappa shape index (κ3) is 4.62. The minimum atomic E-state index is -0.0178. The van der Waals surface area contributed by atoms with Crippen molar-refractivity contribution in [2.75, 3.05) is 30.8 Å². The highest BCUT2D eigenvalue weighted by molar-refractivity contribution is 6.31. The number of hydrogen-bond donors (Lipinski definition) is 2. The van der Waals surface area contributed by atoms with Gasteiger partial charge in [0.2, 0.25) is 5.91 Å². The average Bonchev–Trinajstić information content (AvgIpc) is 2.81. The zero-order valence-electron chi connectivity index (χ0n) is 18.2. The molecule has 7 nitrogen and oxygen atoms in total. The number of anilines is 3. The molecule has 0 unspecified atom stereocenters. The van der Waals surface area contributed by atoms with Crippen LogP contribution in [0.4, 0.5) is 17.2 Å². The molecule has 0 aliphatic carbocycles. The van der Waals surface area contributed by atoms with Crippen LogP contribution in [0.15, 0.2) is 49.3 Å². The van der Waals surface area contributed by atoms with Crippen molar-refractivity contribution < 1.29 is 9.53 Å². The van der Waals surface area contributed by atoms with Crippen molar-refractivity contribution in [2.45, 2.75) is 25.8 Å². The molecule has 4 rings (SSSR count). The van der Waals surface area contributed by atoms with Crippen molar-refractivity contribution in [3.8, 4) is 5.75 Å². The number of aromatic nitrogens is 2. The number of benzene rings is 2. The van der Waals surface area contributed by atoms with E-state index < -0.39 is 0 Å². The van der Waals surface area contributed by atoms with Crippen molar-refractivity contribution in [3.05, 3.63) is 59.9 Å². The van der Waals surface area contributed by atoms with Crippen LogP contribution >= 0.6 is 11.6 Å². The van der Waals surface area contributed by atoms with E-state index >= 15 is 0 Å². The number of fused-ring (bicyclic) bond motifs is 1. The number of likely N-dealkylation sites (tertiary alicyclic amines) is 1. The predicted octanol–water partition coefficient (Wildman–Crippen LogP) is 4.93. The Balaban J connectivity index is 1.60. The highest BCUT2D eigenvalue weighted by Gasteiger charge is 2.22. The lowest BCUT2D eigenvalue weighted by molar-refractivity contribution is -0.126.